The molecule has 156 valence electrons. The van der Waals surface area contributed by atoms with Gasteiger partial charge < -0.3 is 9.80 Å². The van der Waals surface area contributed by atoms with Crippen LogP contribution in [-0.2, 0) is 16.0 Å². The minimum absolute atomic E-state index is 0.0146. The van der Waals surface area contributed by atoms with Crippen LogP contribution in [0, 0.1) is 11.2 Å². The van der Waals surface area contributed by atoms with Gasteiger partial charge in [0.25, 0.3) is 0 Å². The van der Waals surface area contributed by atoms with E-state index in [-0.39, 0.29) is 30.2 Å². The molecule has 4 nitrogen and oxygen atoms in total. The molecule has 1 atom stereocenters. The Morgan fingerprint density at radius 3 is 2.52 bits per heavy atom. The van der Waals surface area contributed by atoms with Gasteiger partial charge >= 0.3 is 0 Å². The van der Waals surface area contributed by atoms with Gasteiger partial charge in [-0.15, -0.1) is 11.3 Å². The highest BCUT2D eigenvalue weighted by atomic mass is 32.1. The molecule has 0 spiro atoms. The van der Waals surface area contributed by atoms with Gasteiger partial charge in [-0.05, 0) is 47.5 Å². The summed E-state index contributed by atoms with van der Waals surface area (Å²) in [7, 11) is 0. The molecular weight excluding hydrogens is 387 g/mol. The maximum absolute atomic E-state index is 13.5. The average Bonchev–Trinajstić information content (AvgIpc) is 3.15. The van der Waals surface area contributed by atoms with Crippen molar-refractivity contribution in [3.8, 4) is 0 Å². The second-order valence-electron chi connectivity index (χ2n) is 8.57. The van der Waals surface area contributed by atoms with Crippen LogP contribution in [0.1, 0.15) is 56.2 Å². The number of hydrogen-bond donors (Lipinski definition) is 0. The Bertz CT molecular complexity index is 870. The molecule has 1 aliphatic rings. The van der Waals surface area contributed by atoms with Crippen LogP contribution >= 0.6 is 11.3 Å². The average molecular weight is 417 g/mol. The van der Waals surface area contributed by atoms with Crippen molar-refractivity contribution in [3.05, 3.63) is 57.5 Å². The molecule has 29 heavy (non-hydrogen) atoms. The lowest BCUT2D eigenvalue weighted by Crippen LogP contribution is -2.49. The summed E-state index contributed by atoms with van der Waals surface area (Å²) >= 11 is 1.69. The van der Waals surface area contributed by atoms with E-state index in [1.165, 1.54) is 17.0 Å². The van der Waals surface area contributed by atoms with Crippen LogP contribution in [0.3, 0.4) is 0 Å². The lowest BCUT2D eigenvalue weighted by molar-refractivity contribution is -0.146. The summed E-state index contributed by atoms with van der Waals surface area (Å²) in [6, 6.07) is 8.17. The zero-order valence-electron chi connectivity index (χ0n) is 17.6. The maximum atomic E-state index is 13.5. The summed E-state index contributed by atoms with van der Waals surface area (Å²) in [6.45, 7) is 8.86. The van der Waals surface area contributed by atoms with Gasteiger partial charge in [0.2, 0.25) is 11.8 Å². The van der Waals surface area contributed by atoms with E-state index in [4.69, 9.17) is 0 Å². The molecule has 2 heterocycles. The van der Waals surface area contributed by atoms with Crippen molar-refractivity contribution in [2.24, 2.45) is 5.41 Å². The van der Waals surface area contributed by atoms with E-state index in [2.05, 4.69) is 6.07 Å². The van der Waals surface area contributed by atoms with Crippen LogP contribution in [0.5, 0.6) is 0 Å². The fraction of sp³-hybridized carbons (Fsp3) is 0.478. The molecule has 0 N–H and O–H groups in total. The Morgan fingerprint density at radius 1 is 1.21 bits per heavy atom. The quantitative estimate of drug-likeness (QED) is 0.712. The second kappa shape index (κ2) is 8.66. The lowest BCUT2D eigenvalue weighted by Gasteiger charge is -2.38. The zero-order valence-corrected chi connectivity index (χ0v) is 18.4. The van der Waals surface area contributed by atoms with E-state index in [1.54, 1.807) is 28.4 Å². The van der Waals surface area contributed by atoms with Gasteiger partial charge in [-0.3, -0.25) is 9.59 Å². The zero-order chi connectivity index (χ0) is 21.2. The van der Waals surface area contributed by atoms with Gasteiger partial charge in [-0.1, -0.05) is 39.8 Å². The van der Waals surface area contributed by atoms with Crippen LogP contribution in [0.25, 0.3) is 0 Å². The molecule has 0 saturated carbocycles. The molecule has 0 bridgehead atoms. The lowest BCUT2D eigenvalue weighted by atomic mass is 9.92. The number of nitrogens with zero attached hydrogens (tertiary/aromatic N) is 2. The first-order valence-corrected chi connectivity index (χ1v) is 11.0. The minimum atomic E-state index is -0.533. The Hall–Kier alpha value is -2.21. The van der Waals surface area contributed by atoms with Crippen molar-refractivity contribution in [2.45, 2.75) is 46.6 Å². The predicted octanol–water partition coefficient (Wildman–Crippen LogP) is 4.65. The molecule has 0 fully saturated rings. The topological polar surface area (TPSA) is 40.6 Å². The fourth-order valence-electron chi connectivity index (χ4n) is 3.84. The summed E-state index contributed by atoms with van der Waals surface area (Å²) in [5.74, 6) is -0.376. The van der Waals surface area contributed by atoms with E-state index in [9.17, 15) is 14.0 Å². The van der Waals surface area contributed by atoms with Crippen LogP contribution < -0.4 is 0 Å². The number of halogens is 1. The normalized spacial score (nSPS) is 16.4. The number of amides is 2. The van der Waals surface area contributed by atoms with Gasteiger partial charge in [0, 0.05) is 23.4 Å². The van der Waals surface area contributed by atoms with Crippen molar-refractivity contribution < 1.29 is 14.0 Å². The van der Waals surface area contributed by atoms with Gasteiger partial charge in [-0.2, -0.15) is 0 Å². The van der Waals surface area contributed by atoms with E-state index >= 15 is 0 Å². The van der Waals surface area contributed by atoms with Crippen LogP contribution in [0.15, 0.2) is 35.7 Å². The third kappa shape index (κ3) is 4.69. The molecule has 6 heteroatoms. The number of thiophene rings is 1. The van der Waals surface area contributed by atoms with E-state index in [0.717, 1.165) is 24.0 Å². The van der Waals surface area contributed by atoms with Crippen molar-refractivity contribution in [2.75, 3.05) is 19.6 Å². The van der Waals surface area contributed by atoms with Crippen LogP contribution in [-0.4, -0.2) is 41.2 Å². The Labute approximate surface area is 176 Å². The Balaban J connectivity index is 1.89. The predicted molar refractivity (Wildman–Crippen MR) is 114 cm³/mol. The SMILES string of the molecule is CCCN(CC(=O)N1CCc2sccc2[C@H]1c1ccc(F)cc1)C(=O)C(C)(C)C. The summed E-state index contributed by atoms with van der Waals surface area (Å²) in [4.78, 5) is 31.0. The molecule has 1 aromatic heterocycles. The number of fused-ring (bicyclic) bond motifs is 1. The number of carbonyl (C=O) groups excluding carboxylic acids is 2. The van der Waals surface area contributed by atoms with E-state index in [0.29, 0.717) is 13.1 Å². The van der Waals surface area contributed by atoms with Crippen molar-refractivity contribution >= 4 is 23.2 Å². The second-order valence-corrected chi connectivity index (χ2v) is 9.57. The van der Waals surface area contributed by atoms with Gasteiger partial charge in [0.1, 0.15) is 5.82 Å². The number of carbonyl (C=O) groups is 2. The summed E-state index contributed by atoms with van der Waals surface area (Å²) in [6.07, 6.45) is 1.60. The molecule has 0 radical (unpaired) electrons. The molecule has 3 rings (SSSR count). The molecule has 0 aliphatic carbocycles. The van der Waals surface area contributed by atoms with Gasteiger partial charge in [0.15, 0.2) is 0 Å². The fourth-order valence-corrected chi connectivity index (χ4v) is 4.74. The first-order valence-electron chi connectivity index (χ1n) is 10.1. The Morgan fingerprint density at radius 2 is 1.90 bits per heavy atom. The number of hydrogen-bond acceptors (Lipinski definition) is 3. The largest absolute Gasteiger partial charge is 0.333 e. The third-order valence-corrected chi connectivity index (χ3v) is 6.22. The highest BCUT2D eigenvalue weighted by Gasteiger charge is 2.35. The molecule has 2 amide bonds. The van der Waals surface area contributed by atoms with Crippen molar-refractivity contribution in [1.29, 1.82) is 0 Å². The molecule has 1 aromatic carbocycles. The smallest absolute Gasteiger partial charge is 0.242 e. The number of benzene rings is 1. The van der Waals surface area contributed by atoms with Gasteiger partial charge in [-0.25, -0.2) is 4.39 Å². The number of rotatable bonds is 5. The van der Waals surface area contributed by atoms with Crippen molar-refractivity contribution in [3.63, 3.8) is 0 Å². The first-order chi connectivity index (χ1) is 13.7. The molecule has 1 aliphatic heterocycles. The summed E-state index contributed by atoms with van der Waals surface area (Å²) in [5, 5.41) is 2.04. The molecule has 0 saturated heterocycles. The van der Waals surface area contributed by atoms with Gasteiger partial charge in [0.05, 0.1) is 12.6 Å². The Kier molecular flexibility index (Phi) is 6.42. The standard InChI is InChI=1S/C23H29FN2O2S/c1-5-12-25(22(28)23(2,3)4)15-20(27)26-13-10-19-18(11-14-29-19)21(26)16-6-8-17(24)9-7-16/h6-9,11,14,21H,5,10,12-13,15H2,1-4H3/t21-/m1/s1. The first kappa shape index (κ1) is 21.5. The molecule has 0 unspecified atom stereocenters. The highest BCUT2D eigenvalue weighted by Crippen LogP contribution is 2.38. The van der Waals surface area contributed by atoms with E-state index < -0.39 is 5.41 Å². The van der Waals surface area contributed by atoms with Crippen LogP contribution in [0.4, 0.5) is 4.39 Å². The van der Waals surface area contributed by atoms with Crippen molar-refractivity contribution in [1.82, 2.24) is 9.80 Å². The van der Waals surface area contributed by atoms with E-state index in [1.807, 2.05) is 38.0 Å². The molecule has 2 aromatic rings. The highest BCUT2D eigenvalue weighted by molar-refractivity contribution is 7.10. The third-order valence-electron chi connectivity index (χ3n) is 5.22. The monoisotopic (exact) mass is 416 g/mol. The summed E-state index contributed by atoms with van der Waals surface area (Å²) < 4.78 is 13.5. The van der Waals surface area contributed by atoms with Crippen LogP contribution in [0.2, 0.25) is 0 Å². The minimum Gasteiger partial charge on any atom is -0.333 e. The summed E-state index contributed by atoms with van der Waals surface area (Å²) in [5.41, 5.74) is 1.46. The maximum Gasteiger partial charge on any atom is 0.242 e. The molecular formula is C23H29FN2O2S.